The highest BCUT2D eigenvalue weighted by Crippen LogP contribution is 2.36. The predicted octanol–water partition coefficient (Wildman–Crippen LogP) is 4.46. The summed E-state index contributed by atoms with van der Waals surface area (Å²) < 4.78 is 19.8. The number of aromatic nitrogens is 3. The fourth-order valence-electron chi connectivity index (χ4n) is 3.54. The van der Waals surface area contributed by atoms with Gasteiger partial charge >= 0.3 is 0 Å². The first-order valence-electron chi connectivity index (χ1n) is 10.2. The second-order valence-corrected chi connectivity index (χ2v) is 8.48. The fourth-order valence-corrected chi connectivity index (χ4v) is 4.22. The largest absolute Gasteiger partial charge is 0.482 e. The van der Waals surface area contributed by atoms with Gasteiger partial charge < -0.3 is 20.3 Å². The molecular weight excluding hydrogens is 454 g/mol. The standard InChI is InChI=1S/C22H23Cl2FN6O/c1-13(20-15(23)4-5-16(25)21(20)24)32-18-11-17(28-29-22(18)26)14-3-6-19(27-12-14)31-9-7-30(2)8-10-31/h3-6,11-13H,7-10H2,1-2H3,(H2,26,29). The summed E-state index contributed by atoms with van der Waals surface area (Å²) in [5.74, 6) is 0.744. The molecule has 10 heteroatoms. The second kappa shape index (κ2) is 9.44. The molecule has 1 atom stereocenters. The quantitative estimate of drug-likeness (QED) is 0.544. The molecular formula is C22H23Cl2FN6O. The summed E-state index contributed by atoms with van der Waals surface area (Å²) in [5, 5.41) is 8.38. The van der Waals surface area contributed by atoms with E-state index in [-0.39, 0.29) is 10.8 Å². The van der Waals surface area contributed by atoms with Gasteiger partial charge in [-0.15, -0.1) is 10.2 Å². The van der Waals surface area contributed by atoms with E-state index in [1.807, 2.05) is 12.1 Å². The minimum Gasteiger partial charge on any atom is -0.482 e. The van der Waals surface area contributed by atoms with Crippen LogP contribution in [-0.2, 0) is 0 Å². The average Bonchev–Trinajstić information content (AvgIpc) is 2.79. The molecule has 2 aromatic heterocycles. The Hall–Kier alpha value is -2.68. The van der Waals surface area contributed by atoms with Gasteiger partial charge in [-0.05, 0) is 38.2 Å². The van der Waals surface area contributed by atoms with E-state index >= 15 is 0 Å². The number of hydrogen-bond donors (Lipinski definition) is 1. The van der Waals surface area contributed by atoms with Gasteiger partial charge in [-0.2, -0.15) is 0 Å². The molecule has 0 saturated carbocycles. The Morgan fingerprint density at radius 3 is 2.53 bits per heavy atom. The molecule has 1 aliphatic rings. The van der Waals surface area contributed by atoms with Gasteiger partial charge in [0.2, 0.25) is 0 Å². The van der Waals surface area contributed by atoms with Crippen LogP contribution in [0.5, 0.6) is 5.75 Å². The topological polar surface area (TPSA) is 80.4 Å². The maximum absolute atomic E-state index is 13.9. The van der Waals surface area contributed by atoms with Crippen molar-refractivity contribution in [3.05, 3.63) is 58.0 Å². The Morgan fingerprint density at radius 2 is 1.84 bits per heavy atom. The normalized spacial score (nSPS) is 15.6. The van der Waals surface area contributed by atoms with Gasteiger partial charge in [0.05, 0.1) is 10.7 Å². The number of hydrogen-bond acceptors (Lipinski definition) is 7. The molecule has 168 valence electrons. The highest BCUT2D eigenvalue weighted by molar-refractivity contribution is 6.36. The lowest BCUT2D eigenvalue weighted by Crippen LogP contribution is -2.44. The fraction of sp³-hybridized carbons (Fsp3) is 0.318. The smallest absolute Gasteiger partial charge is 0.188 e. The predicted molar refractivity (Wildman–Crippen MR) is 125 cm³/mol. The molecule has 2 N–H and O–H groups in total. The summed E-state index contributed by atoms with van der Waals surface area (Å²) in [6.45, 7) is 5.59. The van der Waals surface area contributed by atoms with Crippen LogP contribution in [0.2, 0.25) is 10.0 Å². The van der Waals surface area contributed by atoms with Gasteiger partial charge in [-0.25, -0.2) is 9.37 Å². The van der Waals surface area contributed by atoms with Crippen LogP contribution >= 0.6 is 23.2 Å². The molecule has 7 nitrogen and oxygen atoms in total. The van der Waals surface area contributed by atoms with E-state index in [0.29, 0.717) is 22.0 Å². The van der Waals surface area contributed by atoms with E-state index in [9.17, 15) is 4.39 Å². The van der Waals surface area contributed by atoms with Crippen LogP contribution in [0.1, 0.15) is 18.6 Å². The van der Waals surface area contributed by atoms with Crippen LogP contribution in [0.3, 0.4) is 0 Å². The number of pyridine rings is 1. The summed E-state index contributed by atoms with van der Waals surface area (Å²) in [7, 11) is 2.12. The molecule has 0 radical (unpaired) electrons. The summed E-state index contributed by atoms with van der Waals surface area (Å²) in [6, 6.07) is 8.22. The maximum Gasteiger partial charge on any atom is 0.188 e. The number of nitrogens with zero attached hydrogens (tertiary/aromatic N) is 5. The number of nitrogen functional groups attached to an aromatic ring is 1. The number of piperazine rings is 1. The average molecular weight is 477 g/mol. The van der Waals surface area contributed by atoms with E-state index in [2.05, 4.69) is 32.0 Å². The third-order valence-corrected chi connectivity index (χ3v) is 6.16. The van der Waals surface area contributed by atoms with Crippen molar-refractivity contribution < 1.29 is 9.13 Å². The molecule has 1 fully saturated rings. The molecule has 3 aromatic rings. The highest BCUT2D eigenvalue weighted by atomic mass is 35.5. The molecule has 0 bridgehead atoms. The number of anilines is 2. The second-order valence-electron chi connectivity index (χ2n) is 7.69. The lowest BCUT2D eigenvalue weighted by atomic mass is 10.1. The zero-order valence-electron chi connectivity index (χ0n) is 17.7. The van der Waals surface area contributed by atoms with Crippen molar-refractivity contribution in [1.82, 2.24) is 20.1 Å². The minimum atomic E-state index is -0.664. The molecule has 4 rings (SSSR count). The summed E-state index contributed by atoms with van der Waals surface area (Å²) >= 11 is 12.3. The first-order valence-corrected chi connectivity index (χ1v) is 10.9. The van der Waals surface area contributed by atoms with Crippen molar-refractivity contribution in [3.63, 3.8) is 0 Å². The number of nitrogens with two attached hydrogens (primary N) is 1. The van der Waals surface area contributed by atoms with Crippen molar-refractivity contribution in [2.24, 2.45) is 0 Å². The Morgan fingerprint density at radius 1 is 1.09 bits per heavy atom. The van der Waals surface area contributed by atoms with E-state index in [4.69, 9.17) is 33.7 Å². The third-order valence-electron chi connectivity index (χ3n) is 5.45. The summed E-state index contributed by atoms with van der Waals surface area (Å²) in [5.41, 5.74) is 7.63. The van der Waals surface area contributed by atoms with Crippen LogP contribution in [0.15, 0.2) is 36.5 Å². The molecule has 3 heterocycles. The van der Waals surface area contributed by atoms with Crippen molar-refractivity contribution in [2.45, 2.75) is 13.0 Å². The number of rotatable bonds is 5. The lowest BCUT2D eigenvalue weighted by Gasteiger charge is -2.33. The van der Waals surface area contributed by atoms with Crippen molar-refractivity contribution in [3.8, 4) is 17.0 Å². The van der Waals surface area contributed by atoms with Crippen LogP contribution in [0.25, 0.3) is 11.3 Å². The van der Waals surface area contributed by atoms with Gasteiger partial charge in [0.25, 0.3) is 0 Å². The number of benzene rings is 1. The van der Waals surface area contributed by atoms with Crippen LogP contribution < -0.4 is 15.4 Å². The van der Waals surface area contributed by atoms with Gasteiger partial charge in [0.1, 0.15) is 17.7 Å². The van der Waals surface area contributed by atoms with Gasteiger partial charge in [-0.1, -0.05) is 23.2 Å². The molecule has 0 amide bonds. The molecule has 1 saturated heterocycles. The zero-order chi connectivity index (χ0) is 22.8. The van der Waals surface area contributed by atoms with E-state index < -0.39 is 11.9 Å². The van der Waals surface area contributed by atoms with Crippen LogP contribution in [-0.4, -0.2) is 53.3 Å². The van der Waals surface area contributed by atoms with Gasteiger partial charge in [0.15, 0.2) is 11.6 Å². The van der Waals surface area contributed by atoms with Crippen molar-refractivity contribution in [2.75, 3.05) is 43.9 Å². The number of likely N-dealkylation sites (N-methyl/N-ethyl adjacent to an activating group) is 1. The molecule has 32 heavy (non-hydrogen) atoms. The van der Waals surface area contributed by atoms with Gasteiger partial charge in [0, 0.05) is 54.6 Å². The Labute approximate surface area is 195 Å². The van der Waals surface area contributed by atoms with Crippen LogP contribution in [0.4, 0.5) is 16.0 Å². The molecule has 1 unspecified atom stereocenters. The number of halogens is 3. The van der Waals surface area contributed by atoms with E-state index in [0.717, 1.165) is 37.6 Å². The highest BCUT2D eigenvalue weighted by Gasteiger charge is 2.21. The zero-order valence-corrected chi connectivity index (χ0v) is 19.2. The lowest BCUT2D eigenvalue weighted by molar-refractivity contribution is 0.227. The summed E-state index contributed by atoms with van der Waals surface area (Å²) in [4.78, 5) is 9.13. The monoisotopic (exact) mass is 476 g/mol. The Bertz CT molecular complexity index is 1110. The summed E-state index contributed by atoms with van der Waals surface area (Å²) in [6.07, 6.45) is 1.09. The first kappa shape index (κ1) is 22.5. The SMILES string of the molecule is CC(Oc1cc(-c2ccc(N3CCN(C)CC3)nc2)nnc1N)c1c(Cl)ccc(F)c1Cl. The number of ether oxygens (including phenoxy) is 1. The van der Waals surface area contributed by atoms with Crippen molar-refractivity contribution >= 4 is 34.8 Å². The maximum atomic E-state index is 13.9. The van der Waals surface area contributed by atoms with Crippen LogP contribution in [0, 0.1) is 5.82 Å². The minimum absolute atomic E-state index is 0.0884. The van der Waals surface area contributed by atoms with E-state index in [1.54, 1.807) is 19.2 Å². The molecule has 0 aliphatic carbocycles. The molecule has 1 aromatic carbocycles. The van der Waals surface area contributed by atoms with Gasteiger partial charge in [-0.3, -0.25) is 0 Å². The molecule has 1 aliphatic heterocycles. The first-order chi connectivity index (χ1) is 15.3. The molecule has 0 spiro atoms. The van der Waals surface area contributed by atoms with E-state index in [1.165, 1.54) is 12.1 Å². The Kier molecular flexibility index (Phi) is 6.64. The Balaban J connectivity index is 1.55. The third kappa shape index (κ3) is 4.72. The van der Waals surface area contributed by atoms with Crippen molar-refractivity contribution in [1.29, 1.82) is 0 Å².